The molecule has 2 aromatic carbocycles. The third kappa shape index (κ3) is 2.66. The summed E-state index contributed by atoms with van der Waals surface area (Å²) < 4.78 is 19.4. The highest BCUT2D eigenvalue weighted by molar-refractivity contribution is 6.01. The van der Waals surface area contributed by atoms with Crippen LogP contribution in [0.25, 0.3) is 0 Å². The van der Waals surface area contributed by atoms with Gasteiger partial charge in [-0.15, -0.1) is 0 Å². The first-order valence-electron chi connectivity index (χ1n) is 8.63. The molecule has 2 atom stereocenters. The number of hydrogen-bond acceptors (Lipinski definition) is 3. The molecular formula is C20H21FN2O. The van der Waals surface area contributed by atoms with Gasteiger partial charge in [-0.2, -0.15) is 5.10 Å². The van der Waals surface area contributed by atoms with Gasteiger partial charge in [-0.1, -0.05) is 43.7 Å². The highest BCUT2D eigenvalue weighted by Gasteiger charge is 2.39. The topological polar surface area (TPSA) is 24.8 Å². The van der Waals surface area contributed by atoms with E-state index in [0.717, 1.165) is 42.7 Å². The van der Waals surface area contributed by atoms with E-state index in [9.17, 15) is 4.39 Å². The number of hydrogen-bond donors (Lipinski definition) is 0. The largest absolute Gasteiger partial charge is 0.469 e. The van der Waals surface area contributed by atoms with Gasteiger partial charge in [-0.05, 0) is 30.2 Å². The summed E-state index contributed by atoms with van der Waals surface area (Å²) in [4.78, 5) is 0. The van der Waals surface area contributed by atoms with E-state index in [-0.39, 0.29) is 18.1 Å². The summed E-state index contributed by atoms with van der Waals surface area (Å²) in [5, 5.41) is 6.95. The van der Waals surface area contributed by atoms with E-state index in [1.54, 1.807) is 12.1 Å². The van der Waals surface area contributed by atoms with Gasteiger partial charge in [-0.25, -0.2) is 4.39 Å². The number of nitrogens with zero attached hydrogens (tertiary/aromatic N) is 2. The van der Waals surface area contributed by atoms with Gasteiger partial charge >= 0.3 is 0 Å². The fourth-order valence-corrected chi connectivity index (χ4v) is 3.50. The van der Waals surface area contributed by atoms with Crippen molar-refractivity contribution in [1.29, 1.82) is 0 Å². The van der Waals surface area contributed by atoms with Crippen LogP contribution in [0, 0.1) is 5.82 Å². The molecular weight excluding hydrogens is 303 g/mol. The number of unbranched alkanes of at least 4 members (excludes halogenated alkanes) is 1. The molecule has 2 aliphatic rings. The lowest BCUT2D eigenvalue weighted by atomic mass is 9.96. The van der Waals surface area contributed by atoms with Crippen LogP contribution in [0.3, 0.4) is 0 Å². The number of benzene rings is 2. The molecule has 0 bridgehead atoms. The van der Waals surface area contributed by atoms with Gasteiger partial charge in [0.05, 0.1) is 11.8 Å². The van der Waals surface area contributed by atoms with Crippen LogP contribution in [0.2, 0.25) is 0 Å². The predicted molar refractivity (Wildman–Crippen MR) is 92.5 cm³/mol. The summed E-state index contributed by atoms with van der Waals surface area (Å²) in [6, 6.07) is 15.0. The average molecular weight is 324 g/mol. The maximum absolute atomic E-state index is 13.2. The molecule has 0 saturated carbocycles. The molecule has 24 heavy (non-hydrogen) atoms. The Morgan fingerprint density at radius 3 is 2.75 bits per heavy atom. The fourth-order valence-electron chi connectivity index (χ4n) is 3.50. The molecule has 0 saturated heterocycles. The summed E-state index contributed by atoms with van der Waals surface area (Å²) in [7, 11) is 0. The second-order valence-corrected chi connectivity index (χ2v) is 6.41. The van der Waals surface area contributed by atoms with Gasteiger partial charge in [0, 0.05) is 18.4 Å². The quantitative estimate of drug-likeness (QED) is 0.800. The molecule has 0 amide bonds. The second-order valence-electron chi connectivity index (χ2n) is 6.41. The minimum atomic E-state index is -0.218. The zero-order valence-electron chi connectivity index (χ0n) is 13.8. The molecule has 0 spiro atoms. The Labute approximate surface area is 141 Å². The van der Waals surface area contributed by atoms with Crippen molar-refractivity contribution in [2.45, 2.75) is 44.9 Å². The van der Waals surface area contributed by atoms with Crippen molar-refractivity contribution in [3.63, 3.8) is 0 Å². The molecule has 0 aliphatic carbocycles. The van der Waals surface area contributed by atoms with Crippen molar-refractivity contribution in [3.8, 4) is 5.75 Å². The van der Waals surface area contributed by atoms with Crippen molar-refractivity contribution < 1.29 is 9.13 Å². The number of halogens is 1. The highest BCUT2D eigenvalue weighted by atomic mass is 19.1. The molecule has 2 aliphatic heterocycles. The van der Waals surface area contributed by atoms with E-state index in [1.807, 2.05) is 18.2 Å². The minimum Gasteiger partial charge on any atom is -0.469 e. The first-order valence-corrected chi connectivity index (χ1v) is 8.63. The molecule has 4 rings (SSSR count). The van der Waals surface area contributed by atoms with Crippen LogP contribution in [-0.2, 0) is 0 Å². The Balaban J connectivity index is 1.68. The maximum atomic E-state index is 13.2. The van der Waals surface area contributed by atoms with Gasteiger partial charge in [0.1, 0.15) is 11.6 Å². The first-order chi connectivity index (χ1) is 11.8. The van der Waals surface area contributed by atoms with E-state index in [0.29, 0.717) is 0 Å². The van der Waals surface area contributed by atoms with Crippen molar-refractivity contribution in [1.82, 2.24) is 5.01 Å². The molecule has 0 aromatic heterocycles. The van der Waals surface area contributed by atoms with Crippen LogP contribution in [0.4, 0.5) is 4.39 Å². The van der Waals surface area contributed by atoms with E-state index in [4.69, 9.17) is 9.84 Å². The Morgan fingerprint density at radius 2 is 1.96 bits per heavy atom. The van der Waals surface area contributed by atoms with Crippen LogP contribution in [-0.4, -0.2) is 16.9 Å². The van der Waals surface area contributed by atoms with E-state index in [2.05, 4.69) is 18.0 Å². The van der Waals surface area contributed by atoms with Gasteiger partial charge in [0.15, 0.2) is 6.23 Å². The van der Waals surface area contributed by atoms with Crippen molar-refractivity contribution >= 4 is 5.71 Å². The summed E-state index contributed by atoms with van der Waals surface area (Å²) >= 11 is 0. The number of hydrazone groups is 1. The van der Waals surface area contributed by atoms with Crippen LogP contribution < -0.4 is 4.74 Å². The molecule has 2 aromatic rings. The number of fused-ring (bicyclic) bond motifs is 3. The molecule has 2 heterocycles. The molecule has 124 valence electrons. The van der Waals surface area contributed by atoms with Crippen molar-refractivity contribution in [2.75, 3.05) is 0 Å². The molecule has 0 N–H and O–H groups in total. The molecule has 0 radical (unpaired) electrons. The van der Waals surface area contributed by atoms with E-state index < -0.39 is 0 Å². The first kappa shape index (κ1) is 15.2. The summed E-state index contributed by atoms with van der Waals surface area (Å²) in [6.07, 6.45) is 4.00. The Morgan fingerprint density at radius 1 is 1.17 bits per heavy atom. The minimum absolute atomic E-state index is 0.0252. The standard InChI is InChI=1S/C20H21FN2O/c1-2-3-8-20-23-18(16-6-4-5-7-19(16)24-20)13-17(22-23)14-9-11-15(21)12-10-14/h4-7,9-12,18,20H,2-3,8,13H2,1H3. The fraction of sp³-hybridized carbons (Fsp3) is 0.350. The van der Waals surface area contributed by atoms with Gasteiger partial charge in [0.25, 0.3) is 0 Å². The van der Waals surface area contributed by atoms with Crippen molar-refractivity contribution in [2.24, 2.45) is 5.10 Å². The van der Waals surface area contributed by atoms with Gasteiger partial charge < -0.3 is 4.74 Å². The van der Waals surface area contributed by atoms with Crippen molar-refractivity contribution in [3.05, 3.63) is 65.5 Å². The van der Waals surface area contributed by atoms with E-state index >= 15 is 0 Å². The summed E-state index contributed by atoms with van der Waals surface area (Å²) in [5.74, 6) is 0.750. The van der Waals surface area contributed by atoms with Crippen LogP contribution >= 0.6 is 0 Å². The number of rotatable bonds is 4. The monoisotopic (exact) mass is 324 g/mol. The average Bonchev–Trinajstić information content (AvgIpc) is 3.06. The zero-order chi connectivity index (χ0) is 16.5. The third-order valence-electron chi connectivity index (χ3n) is 4.76. The lowest BCUT2D eigenvalue weighted by molar-refractivity contribution is -0.0231. The van der Waals surface area contributed by atoms with E-state index in [1.165, 1.54) is 17.7 Å². The Kier molecular flexibility index (Phi) is 3.97. The van der Waals surface area contributed by atoms with Gasteiger partial charge in [-0.3, -0.25) is 5.01 Å². The van der Waals surface area contributed by atoms with Crippen LogP contribution in [0.5, 0.6) is 5.75 Å². The molecule has 2 unspecified atom stereocenters. The van der Waals surface area contributed by atoms with Gasteiger partial charge in [0.2, 0.25) is 0 Å². The predicted octanol–water partition coefficient (Wildman–Crippen LogP) is 4.89. The summed E-state index contributed by atoms with van der Waals surface area (Å²) in [6.45, 7) is 2.19. The zero-order valence-corrected chi connectivity index (χ0v) is 13.8. The Bertz CT molecular complexity index is 756. The summed E-state index contributed by atoms with van der Waals surface area (Å²) in [5.41, 5.74) is 3.17. The second kappa shape index (κ2) is 6.27. The maximum Gasteiger partial charge on any atom is 0.187 e. The highest BCUT2D eigenvalue weighted by Crippen LogP contribution is 2.43. The number of ether oxygens (including phenoxy) is 1. The van der Waals surface area contributed by atoms with Crippen LogP contribution in [0.15, 0.2) is 53.6 Å². The third-order valence-corrected chi connectivity index (χ3v) is 4.76. The SMILES string of the molecule is CCCCC1Oc2ccccc2C2CC(c3ccc(F)cc3)=NN12. The Hall–Kier alpha value is -2.36. The molecule has 4 heteroatoms. The lowest BCUT2D eigenvalue weighted by Gasteiger charge is -2.38. The normalized spacial score (nSPS) is 21.8. The number of para-hydroxylation sites is 1. The molecule has 0 fully saturated rings. The lowest BCUT2D eigenvalue weighted by Crippen LogP contribution is -2.40. The van der Waals surface area contributed by atoms with Crippen LogP contribution in [0.1, 0.15) is 49.8 Å². The smallest absolute Gasteiger partial charge is 0.187 e. The molecule has 3 nitrogen and oxygen atoms in total.